The highest BCUT2D eigenvalue weighted by atomic mass is 32.2. The second-order valence-corrected chi connectivity index (χ2v) is 6.81. The SMILES string of the molecule is COc1ccc(C(=O)C(C)N2CCSC(C)C2C)cc1. The summed E-state index contributed by atoms with van der Waals surface area (Å²) in [4.78, 5) is 14.9. The van der Waals surface area contributed by atoms with E-state index in [1.54, 1.807) is 7.11 Å². The van der Waals surface area contributed by atoms with Crippen LogP contribution in [0.3, 0.4) is 0 Å². The molecule has 1 aromatic rings. The standard InChI is InChI=1S/C16H23NO2S/c1-11-13(3)20-10-9-17(11)12(2)16(18)14-5-7-15(19-4)8-6-14/h5-8,11-13H,9-10H2,1-4H3. The lowest BCUT2D eigenvalue weighted by molar-refractivity contribution is 0.0781. The molecule has 20 heavy (non-hydrogen) atoms. The fraction of sp³-hybridized carbons (Fsp3) is 0.562. The number of Topliss-reactive ketones (excluding diaryl/α,β-unsaturated/α-hetero) is 1. The van der Waals surface area contributed by atoms with Crippen LogP contribution in [-0.2, 0) is 0 Å². The lowest BCUT2D eigenvalue weighted by Gasteiger charge is -2.40. The molecule has 0 N–H and O–H groups in total. The van der Waals surface area contributed by atoms with Gasteiger partial charge in [-0.3, -0.25) is 9.69 Å². The van der Waals surface area contributed by atoms with Crippen LogP contribution in [0.4, 0.5) is 0 Å². The molecule has 0 radical (unpaired) electrons. The minimum absolute atomic E-state index is 0.0678. The van der Waals surface area contributed by atoms with Gasteiger partial charge in [0.2, 0.25) is 0 Å². The molecular weight excluding hydrogens is 270 g/mol. The minimum Gasteiger partial charge on any atom is -0.497 e. The first-order valence-corrected chi connectivity index (χ1v) is 8.15. The molecule has 1 aliphatic heterocycles. The van der Waals surface area contributed by atoms with E-state index in [1.807, 2.05) is 43.0 Å². The van der Waals surface area contributed by atoms with Gasteiger partial charge < -0.3 is 4.74 Å². The molecule has 0 amide bonds. The van der Waals surface area contributed by atoms with E-state index in [1.165, 1.54) is 0 Å². The van der Waals surface area contributed by atoms with Gasteiger partial charge in [0.1, 0.15) is 5.75 Å². The molecule has 1 saturated heterocycles. The maximum absolute atomic E-state index is 12.6. The Morgan fingerprint density at radius 3 is 2.60 bits per heavy atom. The fourth-order valence-corrected chi connectivity index (χ4v) is 3.77. The normalized spacial score (nSPS) is 25.2. The van der Waals surface area contributed by atoms with Crippen molar-refractivity contribution in [3.8, 4) is 5.75 Å². The van der Waals surface area contributed by atoms with Gasteiger partial charge in [-0.2, -0.15) is 11.8 Å². The summed E-state index contributed by atoms with van der Waals surface area (Å²) in [6, 6.07) is 7.76. The number of benzene rings is 1. The van der Waals surface area contributed by atoms with Crippen molar-refractivity contribution in [2.24, 2.45) is 0 Å². The molecule has 0 aromatic heterocycles. The molecule has 4 heteroatoms. The maximum atomic E-state index is 12.6. The summed E-state index contributed by atoms with van der Waals surface area (Å²) in [5.41, 5.74) is 0.761. The topological polar surface area (TPSA) is 29.5 Å². The van der Waals surface area contributed by atoms with Crippen molar-refractivity contribution >= 4 is 17.5 Å². The third-order valence-electron chi connectivity index (χ3n) is 4.18. The Kier molecular flexibility index (Phi) is 5.11. The van der Waals surface area contributed by atoms with E-state index in [9.17, 15) is 4.79 Å². The number of carbonyl (C=O) groups is 1. The molecule has 1 heterocycles. The van der Waals surface area contributed by atoms with E-state index < -0.39 is 0 Å². The van der Waals surface area contributed by atoms with Crippen LogP contribution in [0.25, 0.3) is 0 Å². The van der Waals surface area contributed by atoms with Gasteiger partial charge in [0, 0.05) is 29.2 Å². The third kappa shape index (κ3) is 3.18. The number of nitrogens with zero attached hydrogens (tertiary/aromatic N) is 1. The van der Waals surface area contributed by atoms with Crippen LogP contribution in [0.1, 0.15) is 31.1 Å². The Morgan fingerprint density at radius 1 is 1.35 bits per heavy atom. The molecule has 1 fully saturated rings. The first-order valence-electron chi connectivity index (χ1n) is 7.10. The summed E-state index contributed by atoms with van der Waals surface area (Å²) in [5.74, 6) is 2.08. The van der Waals surface area contributed by atoms with Crippen LogP contribution < -0.4 is 4.74 Å². The smallest absolute Gasteiger partial charge is 0.179 e. The Hall–Kier alpha value is -1.00. The number of methoxy groups -OCH3 is 1. The molecule has 0 spiro atoms. The highest BCUT2D eigenvalue weighted by molar-refractivity contribution is 8.00. The maximum Gasteiger partial charge on any atom is 0.179 e. The van der Waals surface area contributed by atoms with Gasteiger partial charge in [-0.05, 0) is 38.1 Å². The zero-order valence-electron chi connectivity index (χ0n) is 12.6. The molecule has 1 aliphatic rings. The zero-order chi connectivity index (χ0) is 14.7. The Balaban J connectivity index is 2.10. The lowest BCUT2D eigenvalue weighted by Crippen LogP contribution is -2.51. The van der Waals surface area contributed by atoms with Crippen LogP contribution >= 0.6 is 11.8 Å². The summed E-state index contributed by atoms with van der Waals surface area (Å²) < 4.78 is 5.13. The van der Waals surface area contributed by atoms with E-state index >= 15 is 0 Å². The van der Waals surface area contributed by atoms with Crippen molar-refractivity contribution in [2.75, 3.05) is 19.4 Å². The second-order valence-electron chi connectivity index (χ2n) is 5.32. The summed E-state index contributed by atoms with van der Waals surface area (Å²) in [5, 5.41) is 0.579. The van der Waals surface area contributed by atoms with Gasteiger partial charge in [0.25, 0.3) is 0 Å². The number of hydrogen-bond acceptors (Lipinski definition) is 4. The lowest BCUT2D eigenvalue weighted by atomic mass is 10.0. The van der Waals surface area contributed by atoms with E-state index in [0.717, 1.165) is 23.6 Å². The molecule has 2 rings (SSSR count). The van der Waals surface area contributed by atoms with Crippen molar-refractivity contribution in [2.45, 2.75) is 38.1 Å². The summed E-state index contributed by atoms with van der Waals surface area (Å²) in [6.07, 6.45) is 0. The van der Waals surface area contributed by atoms with Gasteiger partial charge in [-0.15, -0.1) is 0 Å². The predicted octanol–water partition coefficient (Wildman–Crippen LogP) is 3.09. The van der Waals surface area contributed by atoms with Crippen LogP contribution in [0.5, 0.6) is 5.75 Å². The van der Waals surface area contributed by atoms with Crippen molar-refractivity contribution in [3.63, 3.8) is 0 Å². The monoisotopic (exact) mass is 293 g/mol. The van der Waals surface area contributed by atoms with E-state index in [0.29, 0.717) is 11.3 Å². The number of thioether (sulfide) groups is 1. The van der Waals surface area contributed by atoms with Crippen LogP contribution in [-0.4, -0.2) is 47.4 Å². The average Bonchev–Trinajstić information content (AvgIpc) is 2.48. The number of hydrogen-bond donors (Lipinski definition) is 0. The first-order chi connectivity index (χ1) is 9.54. The van der Waals surface area contributed by atoms with Gasteiger partial charge in [0.05, 0.1) is 13.2 Å². The Bertz CT molecular complexity index is 460. The van der Waals surface area contributed by atoms with Crippen LogP contribution in [0, 0.1) is 0 Å². The van der Waals surface area contributed by atoms with E-state index in [2.05, 4.69) is 18.7 Å². The first kappa shape index (κ1) is 15.4. The number of ketones is 1. The van der Waals surface area contributed by atoms with Gasteiger partial charge in [-0.25, -0.2) is 0 Å². The molecule has 3 unspecified atom stereocenters. The van der Waals surface area contributed by atoms with Crippen molar-refractivity contribution in [1.82, 2.24) is 4.90 Å². The highest BCUT2D eigenvalue weighted by Gasteiger charge is 2.32. The molecule has 3 atom stereocenters. The fourth-order valence-electron chi connectivity index (χ4n) is 2.65. The third-order valence-corrected chi connectivity index (χ3v) is 5.52. The van der Waals surface area contributed by atoms with E-state index in [4.69, 9.17) is 4.74 Å². The van der Waals surface area contributed by atoms with Crippen LogP contribution in [0.2, 0.25) is 0 Å². The summed E-state index contributed by atoms with van der Waals surface area (Å²) in [7, 11) is 1.63. The second kappa shape index (κ2) is 6.64. The predicted molar refractivity (Wildman–Crippen MR) is 84.9 cm³/mol. The summed E-state index contributed by atoms with van der Waals surface area (Å²) >= 11 is 1.99. The van der Waals surface area contributed by atoms with Gasteiger partial charge >= 0.3 is 0 Å². The molecule has 0 bridgehead atoms. The highest BCUT2D eigenvalue weighted by Crippen LogP contribution is 2.27. The van der Waals surface area contributed by atoms with Crippen molar-refractivity contribution in [1.29, 1.82) is 0 Å². The minimum atomic E-state index is -0.0678. The zero-order valence-corrected chi connectivity index (χ0v) is 13.4. The largest absolute Gasteiger partial charge is 0.497 e. The molecule has 1 aromatic carbocycles. The van der Waals surface area contributed by atoms with Gasteiger partial charge in [-0.1, -0.05) is 6.92 Å². The molecule has 0 saturated carbocycles. The summed E-state index contributed by atoms with van der Waals surface area (Å²) in [6.45, 7) is 7.46. The Labute approximate surface area is 125 Å². The molecular formula is C16H23NO2S. The molecule has 110 valence electrons. The van der Waals surface area contributed by atoms with Crippen molar-refractivity contribution < 1.29 is 9.53 Å². The number of carbonyl (C=O) groups excluding carboxylic acids is 1. The molecule has 3 nitrogen and oxygen atoms in total. The van der Waals surface area contributed by atoms with Crippen molar-refractivity contribution in [3.05, 3.63) is 29.8 Å². The van der Waals surface area contributed by atoms with E-state index in [-0.39, 0.29) is 11.8 Å². The quantitative estimate of drug-likeness (QED) is 0.798. The number of ether oxygens (including phenoxy) is 1. The average molecular weight is 293 g/mol. The Morgan fingerprint density at radius 2 is 2.00 bits per heavy atom. The number of rotatable bonds is 4. The molecule has 0 aliphatic carbocycles. The van der Waals surface area contributed by atoms with Crippen LogP contribution in [0.15, 0.2) is 24.3 Å². The van der Waals surface area contributed by atoms with Gasteiger partial charge in [0.15, 0.2) is 5.78 Å².